The summed E-state index contributed by atoms with van der Waals surface area (Å²) in [6.45, 7) is 21.6. The number of halogens is 1. The lowest BCUT2D eigenvalue weighted by molar-refractivity contribution is -0.233. The molecule has 0 radical (unpaired) electrons. The maximum atomic E-state index is 14.0. The number of carboxylic acids is 1. The normalized spacial score (nSPS) is 37.4. The maximum Gasteiger partial charge on any atom is 0.309 e. The van der Waals surface area contributed by atoms with Crippen LogP contribution in [0.15, 0.2) is 35.4 Å². The number of rotatable bonds is 10. The second-order valence-electron chi connectivity index (χ2n) is 19.7. The van der Waals surface area contributed by atoms with Crippen molar-refractivity contribution in [1.82, 2.24) is 5.32 Å². The smallest absolute Gasteiger partial charge is 0.309 e. The zero-order valence-electron chi connectivity index (χ0n) is 32.8. The highest BCUT2D eigenvalue weighted by Gasteiger charge is 2.70. The zero-order chi connectivity index (χ0) is 37.4. The summed E-state index contributed by atoms with van der Waals surface area (Å²) < 4.78 is 6.18. The van der Waals surface area contributed by atoms with Gasteiger partial charge in [0.2, 0.25) is 0 Å². The Bertz CT molecular complexity index is 1590. The molecule has 0 bridgehead atoms. The van der Waals surface area contributed by atoms with Gasteiger partial charge in [0.25, 0.3) is 0 Å². The van der Waals surface area contributed by atoms with Crippen molar-refractivity contribution < 1.29 is 24.2 Å². The van der Waals surface area contributed by atoms with Gasteiger partial charge in [-0.15, -0.1) is 0 Å². The third-order valence-corrected chi connectivity index (χ3v) is 16.4. The van der Waals surface area contributed by atoms with Crippen molar-refractivity contribution in [2.45, 2.75) is 146 Å². The number of hydrogen-bond donors (Lipinski definition) is 2. The van der Waals surface area contributed by atoms with E-state index in [0.29, 0.717) is 30.0 Å². The fourth-order valence-corrected chi connectivity index (χ4v) is 13.3. The SMILES string of the molecule is CC(C)C1=C2[C@H]3CC[C@@H]4[C@@]5(C)CC[C@H](OC(=O)CC(C)(C)C(=O)O)C(C)(C)[C@@H]5CC[C@@]4(C)[C@]3(C)CC[C@@]2(CCNCc2ccccc2Cl)CC1=O. The summed E-state index contributed by atoms with van der Waals surface area (Å²) in [7, 11) is 0. The van der Waals surface area contributed by atoms with Gasteiger partial charge in [-0.3, -0.25) is 14.4 Å². The van der Waals surface area contributed by atoms with Crippen LogP contribution in [0.2, 0.25) is 5.02 Å². The summed E-state index contributed by atoms with van der Waals surface area (Å²) in [4.78, 5) is 38.8. The van der Waals surface area contributed by atoms with E-state index in [-0.39, 0.29) is 45.5 Å². The van der Waals surface area contributed by atoms with E-state index in [2.05, 4.69) is 59.8 Å². The molecule has 8 atom stereocenters. The number of nitrogens with one attached hydrogen (secondary N) is 1. The van der Waals surface area contributed by atoms with Gasteiger partial charge in [-0.1, -0.05) is 83.8 Å². The summed E-state index contributed by atoms with van der Waals surface area (Å²) in [6.07, 6.45) is 9.91. The Morgan fingerprint density at radius 2 is 1.67 bits per heavy atom. The number of Topliss-reactive ketones (excluding diaryl/α,β-unsaturated/α-hetero) is 1. The molecular weight excluding hydrogens is 658 g/mol. The molecule has 1 aromatic carbocycles. The van der Waals surface area contributed by atoms with Crippen molar-refractivity contribution in [3.63, 3.8) is 0 Å². The molecule has 0 heterocycles. The van der Waals surface area contributed by atoms with Gasteiger partial charge in [0.1, 0.15) is 6.10 Å². The van der Waals surface area contributed by atoms with Gasteiger partial charge >= 0.3 is 11.9 Å². The Kier molecular flexibility index (Phi) is 10.0. The molecule has 0 spiro atoms. The topological polar surface area (TPSA) is 92.7 Å². The third kappa shape index (κ3) is 6.15. The zero-order valence-corrected chi connectivity index (χ0v) is 33.6. The third-order valence-electron chi connectivity index (χ3n) is 16.0. The van der Waals surface area contributed by atoms with Crippen LogP contribution >= 0.6 is 11.6 Å². The van der Waals surface area contributed by atoms with Crippen molar-refractivity contribution in [3.8, 4) is 0 Å². The van der Waals surface area contributed by atoms with Gasteiger partial charge in [-0.25, -0.2) is 0 Å². The van der Waals surface area contributed by atoms with Crippen molar-refractivity contribution in [2.75, 3.05) is 6.54 Å². The Morgan fingerprint density at radius 1 is 0.961 bits per heavy atom. The number of aliphatic carboxylic acids is 1. The van der Waals surface area contributed by atoms with Crippen LogP contribution in [0.1, 0.15) is 139 Å². The molecule has 1 aromatic rings. The number of benzene rings is 1. The maximum absolute atomic E-state index is 14.0. The summed E-state index contributed by atoms with van der Waals surface area (Å²) in [5, 5.41) is 14.1. The molecule has 0 aromatic heterocycles. The van der Waals surface area contributed by atoms with E-state index in [9.17, 15) is 19.5 Å². The number of esters is 1. The van der Waals surface area contributed by atoms with Gasteiger partial charge < -0.3 is 15.2 Å². The van der Waals surface area contributed by atoms with Crippen LogP contribution in [0.4, 0.5) is 0 Å². The van der Waals surface area contributed by atoms with Gasteiger partial charge in [-0.05, 0) is 135 Å². The van der Waals surface area contributed by atoms with Crippen LogP contribution in [0.5, 0.6) is 0 Å². The van der Waals surface area contributed by atoms with Crippen LogP contribution in [0.25, 0.3) is 0 Å². The molecule has 5 aliphatic carbocycles. The fourth-order valence-electron chi connectivity index (χ4n) is 13.1. The largest absolute Gasteiger partial charge is 0.481 e. The van der Waals surface area contributed by atoms with Crippen molar-refractivity contribution in [2.24, 2.45) is 56.2 Å². The predicted octanol–water partition coefficient (Wildman–Crippen LogP) is 10.2. The number of fused-ring (bicyclic) bond motifs is 7. The summed E-state index contributed by atoms with van der Waals surface area (Å²) in [6, 6.07) is 8.03. The average Bonchev–Trinajstić information content (AvgIpc) is 3.33. The van der Waals surface area contributed by atoms with Gasteiger partial charge in [-0.2, -0.15) is 0 Å². The van der Waals surface area contributed by atoms with Crippen molar-refractivity contribution in [3.05, 3.63) is 46.0 Å². The molecule has 282 valence electrons. The first-order valence-corrected chi connectivity index (χ1v) is 20.3. The van der Waals surface area contributed by atoms with Crippen LogP contribution in [-0.4, -0.2) is 35.5 Å². The second-order valence-corrected chi connectivity index (χ2v) is 20.1. The number of carbonyl (C=O) groups excluding carboxylic acids is 2. The molecular formula is C44H64ClNO5. The fraction of sp³-hybridized carbons (Fsp3) is 0.750. The van der Waals surface area contributed by atoms with E-state index in [1.807, 2.05) is 18.2 Å². The molecule has 0 amide bonds. The Balaban J connectivity index is 1.24. The molecule has 0 aliphatic heterocycles. The first-order chi connectivity index (χ1) is 23.7. The van der Waals surface area contributed by atoms with Crippen LogP contribution in [0.3, 0.4) is 0 Å². The lowest BCUT2D eigenvalue weighted by Gasteiger charge is -2.72. The molecule has 0 unspecified atom stereocenters. The first-order valence-electron chi connectivity index (χ1n) is 19.9. The number of carboxylic acid groups (broad SMARTS) is 1. The lowest BCUT2D eigenvalue weighted by Crippen LogP contribution is -2.65. The van der Waals surface area contributed by atoms with Crippen LogP contribution < -0.4 is 5.32 Å². The number of ketones is 1. The van der Waals surface area contributed by atoms with E-state index in [1.165, 1.54) is 12.0 Å². The molecule has 7 heteroatoms. The average molecular weight is 722 g/mol. The molecule has 6 nitrogen and oxygen atoms in total. The first kappa shape index (κ1) is 38.5. The van der Waals surface area contributed by atoms with E-state index < -0.39 is 17.4 Å². The molecule has 0 saturated heterocycles. The lowest BCUT2D eigenvalue weighted by atomic mass is 9.33. The number of ether oxygens (including phenoxy) is 1. The Morgan fingerprint density at radius 3 is 2.33 bits per heavy atom. The number of carbonyl (C=O) groups is 3. The second kappa shape index (κ2) is 13.3. The quantitative estimate of drug-likeness (QED) is 0.185. The standard InChI is InChI=1S/C44H64ClNO5/c1-27(2)36-31(47)24-44(22-23-46-26-28-12-10-11-13-30(28)45)21-20-42(8)29(37(36)44)14-15-33-41(7)18-17-34(51-35(48)25-39(3,4)38(49)50)40(5,6)32(41)16-19-43(33,42)9/h10-13,27,29,32-34,46H,14-26H2,1-9H3,(H,49,50)/t29-,32+,33-,34+,41+,42-,43-,44-/m1/s1. The van der Waals surface area contributed by atoms with Gasteiger partial charge in [0.15, 0.2) is 5.78 Å². The predicted molar refractivity (Wildman–Crippen MR) is 203 cm³/mol. The molecule has 5 aliphatic rings. The summed E-state index contributed by atoms with van der Waals surface area (Å²) in [5.74, 6) is 0.621. The summed E-state index contributed by atoms with van der Waals surface area (Å²) >= 11 is 6.47. The highest BCUT2D eigenvalue weighted by molar-refractivity contribution is 6.31. The minimum Gasteiger partial charge on any atom is -0.481 e. The Labute approximate surface area is 312 Å². The molecule has 51 heavy (non-hydrogen) atoms. The molecule has 2 N–H and O–H groups in total. The monoisotopic (exact) mass is 721 g/mol. The van der Waals surface area contributed by atoms with Gasteiger partial charge in [0.05, 0.1) is 11.8 Å². The van der Waals surface area contributed by atoms with Gasteiger partial charge in [0, 0.05) is 28.8 Å². The van der Waals surface area contributed by atoms with E-state index >= 15 is 0 Å². The van der Waals surface area contributed by atoms with Crippen LogP contribution in [0, 0.1) is 56.2 Å². The number of hydrogen-bond acceptors (Lipinski definition) is 5. The number of allylic oxidation sites excluding steroid dienone is 2. The highest BCUT2D eigenvalue weighted by atomic mass is 35.5. The van der Waals surface area contributed by atoms with Crippen molar-refractivity contribution in [1.29, 1.82) is 0 Å². The molecule has 4 fully saturated rings. The minimum atomic E-state index is -1.15. The van der Waals surface area contributed by atoms with E-state index in [1.54, 1.807) is 13.8 Å². The van der Waals surface area contributed by atoms with Crippen LogP contribution in [-0.2, 0) is 25.7 Å². The molecule has 4 saturated carbocycles. The van der Waals surface area contributed by atoms with E-state index in [0.717, 1.165) is 80.6 Å². The Hall–Kier alpha value is -2.18. The highest BCUT2D eigenvalue weighted by Crippen LogP contribution is 2.77. The summed E-state index contributed by atoms with van der Waals surface area (Å²) in [5.41, 5.74) is 2.74. The van der Waals surface area contributed by atoms with E-state index in [4.69, 9.17) is 16.3 Å². The minimum absolute atomic E-state index is 0.0578. The molecule has 6 rings (SSSR count). The van der Waals surface area contributed by atoms with Crippen molar-refractivity contribution >= 4 is 29.3 Å².